The standard InChI is InChI=1S/C20H26ClN3O4/c1-22-6-8-24(9-7-22)19(25)14-2-4-23(5-3-14)20(26)15-12-16(21)18-17(13-15)27-10-11-28-18/h12-14H,2-11H2,1H3. The third-order valence-corrected chi connectivity index (χ3v) is 6.07. The van der Waals surface area contributed by atoms with Gasteiger partial charge in [0.1, 0.15) is 13.2 Å². The van der Waals surface area contributed by atoms with E-state index in [1.807, 2.05) is 4.90 Å². The number of nitrogens with zero attached hydrogens (tertiary/aromatic N) is 3. The number of fused-ring (bicyclic) bond motifs is 1. The van der Waals surface area contributed by atoms with Crippen molar-refractivity contribution in [3.63, 3.8) is 0 Å². The van der Waals surface area contributed by atoms with E-state index in [9.17, 15) is 9.59 Å². The van der Waals surface area contributed by atoms with Crippen molar-refractivity contribution in [1.29, 1.82) is 0 Å². The van der Waals surface area contributed by atoms with E-state index >= 15 is 0 Å². The van der Waals surface area contributed by atoms with Gasteiger partial charge in [-0.2, -0.15) is 0 Å². The Balaban J connectivity index is 1.36. The van der Waals surface area contributed by atoms with Gasteiger partial charge in [0.15, 0.2) is 11.5 Å². The molecule has 0 N–H and O–H groups in total. The van der Waals surface area contributed by atoms with Gasteiger partial charge in [-0.1, -0.05) is 11.6 Å². The lowest BCUT2D eigenvalue weighted by Crippen LogP contribution is -2.51. The largest absolute Gasteiger partial charge is 0.486 e. The van der Waals surface area contributed by atoms with Crippen molar-refractivity contribution in [3.8, 4) is 11.5 Å². The molecule has 3 heterocycles. The predicted octanol–water partition coefficient (Wildman–Crippen LogP) is 1.74. The average molecular weight is 408 g/mol. The van der Waals surface area contributed by atoms with Crippen LogP contribution < -0.4 is 9.47 Å². The summed E-state index contributed by atoms with van der Waals surface area (Å²) >= 11 is 6.26. The zero-order valence-electron chi connectivity index (χ0n) is 16.2. The van der Waals surface area contributed by atoms with Crippen molar-refractivity contribution in [2.24, 2.45) is 5.92 Å². The Morgan fingerprint density at radius 1 is 0.964 bits per heavy atom. The second-order valence-corrected chi connectivity index (χ2v) is 8.08. The van der Waals surface area contributed by atoms with Gasteiger partial charge in [0.2, 0.25) is 5.91 Å². The maximum absolute atomic E-state index is 12.9. The number of likely N-dealkylation sites (tertiary alicyclic amines) is 1. The molecule has 4 rings (SSSR count). The first kappa shape index (κ1) is 19.3. The molecule has 152 valence electrons. The van der Waals surface area contributed by atoms with Gasteiger partial charge in [-0.15, -0.1) is 0 Å². The zero-order valence-corrected chi connectivity index (χ0v) is 16.9. The fourth-order valence-corrected chi connectivity index (χ4v) is 4.30. The lowest BCUT2D eigenvalue weighted by Gasteiger charge is -2.37. The number of likely N-dealkylation sites (N-methyl/N-ethyl adjacent to an activating group) is 1. The maximum Gasteiger partial charge on any atom is 0.254 e. The Bertz CT molecular complexity index is 756. The predicted molar refractivity (Wildman–Crippen MR) is 105 cm³/mol. The monoisotopic (exact) mass is 407 g/mol. The van der Waals surface area contributed by atoms with Gasteiger partial charge < -0.3 is 24.2 Å². The van der Waals surface area contributed by atoms with E-state index < -0.39 is 0 Å². The third kappa shape index (κ3) is 3.91. The molecule has 0 radical (unpaired) electrons. The molecule has 3 aliphatic rings. The van der Waals surface area contributed by atoms with Crippen LogP contribution in [0.5, 0.6) is 11.5 Å². The minimum absolute atomic E-state index is 0.0105. The molecular formula is C20H26ClN3O4. The fraction of sp³-hybridized carbons (Fsp3) is 0.600. The van der Waals surface area contributed by atoms with E-state index in [0.717, 1.165) is 26.2 Å². The molecule has 2 fully saturated rings. The molecule has 0 atom stereocenters. The van der Waals surface area contributed by atoms with Crippen molar-refractivity contribution in [2.45, 2.75) is 12.8 Å². The minimum atomic E-state index is -0.0793. The summed E-state index contributed by atoms with van der Waals surface area (Å²) in [7, 11) is 2.08. The highest BCUT2D eigenvalue weighted by Gasteiger charge is 2.32. The van der Waals surface area contributed by atoms with Gasteiger partial charge >= 0.3 is 0 Å². The molecule has 0 aromatic heterocycles. The molecular weight excluding hydrogens is 382 g/mol. The van der Waals surface area contributed by atoms with Crippen LogP contribution in [0.4, 0.5) is 0 Å². The highest BCUT2D eigenvalue weighted by atomic mass is 35.5. The minimum Gasteiger partial charge on any atom is -0.486 e. The number of amides is 2. The normalized spacial score (nSPS) is 20.9. The van der Waals surface area contributed by atoms with E-state index in [-0.39, 0.29) is 17.7 Å². The van der Waals surface area contributed by atoms with Crippen molar-refractivity contribution in [3.05, 3.63) is 22.7 Å². The van der Waals surface area contributed by atoms with Crippen LogP contribution in [0.3, 0.4) is 0 Å². The topological polar surface area (TPSA) is 62.3 Å². The molecule has 0 aliphatic carbocycles. The summed E-state index contributed by atoms with van der Waals surface area (Å²) in [5.74, 6) is 1.19. The Morgan fingerprint density at radius 2 is 1.64 bits per heavy atom. The van der Waals surface area contributed by atoms with Gasteiger partial charge in [-0.3, -0.25) is 9.59 Å². The van der Waals surface area contributed by atoms with Crippen LogP contribution in [-0.2, 0) is 4.79 Å². The third-order valence-electron chi connectivity index (χ3n) is 5.79. The van der Waals surface area contributed by atoms with Crippen LogP contribution in [0.15, 0.2) is 12.1 Å². The number of hydrogen-bond acceptors (Lipinski definition) is 5. The molecule has 2 amide bonds. The zero-order chi connectivity index (χ0) is 19.7. The van der Waals surface area contributed by atoms with Crippen molar-refractivity contribution in [2.75, 3.05) is 59.5 Å². The van der Waals surface area contributed by atoms with E-state index in [1.165, 1.54) is 0 Å². The number of rotatable bonds is 2. The smallest absolute Gasteiger partial charge is 0.254 e. The van der Waals surface area contributed by atoms with Crippen LogP contribution in [0.25, 0.3) is 0 Å². The summed E-state index contributed by atoms with van der Waals surface area (Å²) in [5, 5.41) is 0.390. The number of carbonyl (C=O) groups excluding carboxylic acids is 2. The number of carbonyl (C=O) groups is 2. The van der Waals surface area contributed by atoms with Crippen LogP contribution in [0.2, 0.25) is 5.02 Å². The van der Waals surface area contributed by atoms with E-state index in [4.69, 9.17) is 21.1 Å². The number of piperazine rings is 1. The average Bonchev–Trinajstić information content (AvgIpc) is 2.73. The molecule has 1 aromatic rings. The van der Waals surface area contributed by atoms with Crippen LogP contribution >= 0.6 is 11.6 Å². The van der Waals surface area contributed by atoms with Gasteiger partial charge in [0, 0.05) is 50.7 Å². The van der Waals surface area contributed by atoms with Crippen LogP contribution in [0, 0.1) is 5.92 Å². The first-order chi connectivity index (χ1) is 13.5. The Kier molecular flexibility index (Phi) is 5.64. The first-order valence-electron chi connectivity index (χ1n) is 9.88. The fourth-order valence-electron chi connectivity index (χ4n) is 4.03. The highest BCUT2D eigenvalue weighted by molar-refractivity contribution is 6.32. The highest BCUT2D eigenvalue weighted by Crippen LogP contribution is 2.38. The number of benzene rings is 1. The van der Waals surface area contributed by atoms with Crippen molar-refractivity contribution < 1.29 is 19.1 Å². The number of hydrogen-bond donors (Lipinski definition) is 0. The second kappa shape index (κ2) is 8.17. The van der Waals surface area contributed by atoms with E-state index in [1.54, 1.807) is 17.0 Å². The summed E-state index contributed by atoms with van der Waals surface area (Å²) in [4.78, 5) is 31.7. The van der Waals surface area contributed by atoms with E-state index in [2.05, 4.69) is 11.9 Å². The molecule has 0 bridgehead atoms. The van der Waals surface area contributed by atoms with Crippen LogP contribution in [0.1, 0.15) is 23.2 Å². The summed E-state index contributed by atoms with van der Waals surface area (Å²) in [6, 6.07) is 3.34. The lowest BCUT2D eigenvalue weighted by atomic mass is 9.94. The summed E-state index contributed by atoms with van der Waals surface area (Å²) in [6.45, 7) is 5.50. The second-order valence-electron chi connectivity index (χ2n) is 7.68. The number of ether oxygens (including phenoxy) is 2. The Labute approximate surface area is 170 Å². The molecule has 1 aromatic carbocycles. The Morgan fingerprint density at radius 3 is 2.36 bits per heavy atom. The summed E-state index contributed by atoms with van der Waals surface area (Å²) < 4.78 is 11.1. The number of piperidine rings is 1. The number of halogens is 1. The molecule has 2 saturated heterocycles. The maximum atomic E-state index is 12.9. The molecule has 3 aliphatic heterocycles. The Hall–Kier alpha value is -1.99. The van der Waals surface area contributed by atoms with Gasteiger partial charge in [-0.25, -0.2) is 0 Å². The van der Waals surface area contributed by atoms with Crippen molar-refractivity contribution >= 4 is 23.4 Å². The summed E-state index contributed by atoms with van der Waals surface area (Å²) in [5.41, 5.74) is 0.498. The van der Waals surface area contributed by atoms with Gasteiger partial charge in [-0.05, 0) is 32.0 Å². The van der Waals surface area contributed by atoms with Crippen LogP contribution in [-0.4, -0.2) is 86.0 Å². The summed E-state index contributed by atoms with van der Waals surface area (Å²) in [6.07, 6.45) is 1.41. The molecule has 0 spiro atoms. The molecule has 7 nitrogen and oxygen atoms in total. The first-order valence-corrected chi connectivity index (χ1v) is 10.3. The van der Waals surface area contributed by atoms with Gasteiger partial charge in [0.25, 0.3) is 5.91 Å². The van der Waals surface area contributed by atoms with Crippen molar-refractivity contribution in [1.82, 2.24) is 14.7 Å². The van der Waals surface area contributed by atoms with Gasteiger partial charge in [0.05, 0.1) is 5.02 Å². The SMILES string of the molecule is CN1CCN(C(=O)C2CCN(C(=O)c3cc(Cl)c4c(c3)OCCO4)CC2)CC1. The lowest BCUT2D eigenvalue weighted by molar-refractivity contribution is -0.138. The molecule has 28 heavy (non-hydrogen) atoms. The quantitative estimate of drug-likeness (QED) is 0.747. The molecule has 0 unspecified atom stereocenters. The molecule has 8 heteroatoms. The molecule has 0 saturated carbocycles. The van der Waals surface area contributed by atoms with E-state index in [0.29, 0.717) is 61.2 Å².